The summed E-state index contributed by atoms with van der Waals surface area (Å²) >= 11 is 0. The summed E-state index contributed by atoms with van der Waals surface area (Å²) in [6.07, 6.45) is 16.1. The zero-order valence-electron chi connectivity index (χ0n) is 13.1. The van der Waals surface area contributed by atoms with E-state index in [1.165, 1.54) is 44.2 Å². The lowest BCUT2D eigenvalue weighted by Crippen LogP contribution is -2.07. The van der Waals surface area contributed by atoms with E-state index < -0.39 is 0 Å². The topological polar surface area (TPSA) is 16.1 Å². The fraction of sp³-hybridized carbons (Fsp3) is 0.588. The van der Waals surface area contributed by atoms with Crippen LogP contribution in [0.15, 0.2) is 36.7 Å². The van der Waals surface area contributed by atoms with Crippen molar-refractivity contribution in [2.24, 2.45) is 0 Å². The number of rotatable bonds is 7. The van der Waals surface area contributed by atoms with Crippen LogP contribution in [0.5, 0.6) is 0 Å². The number of anilines is 1. The van der Waals surface area contributed by atoms with E-state index >= 15 is 0 Å². The molecule has 0 unspecified atom stereocenters. The van der Waals surface area contributed by atoms with Gasteiger partial charge in [0.1, 0.15) is 0 Å². The highest BCUT2D eigenvalue weighted by Crippen LogP contribution is 2.05. The molecule has 0 N–H and O–H groups in total. The summed E-state index contributed by atoms with van der Waals surface area (Å²) in [5.41, 5.74) is 1.19. The number of unbranched alkanes of at least 4 members (excludes halogenated alkanes) is 4. The van der Waals surface area contributed by atoms with Gasteiger partial charge in [0.2, 0.25) is 0 Å². The fourth-order valence-corrected chi connectivity index (χ4v) is 1.52. The van der Waals surface area contributed by atoms with Gasteiger partial charge in [-0.1, -0.05) is 51.7 Å². The molecule has 0 aliphatic carbocycles. The van der Waals surface area contributed by atoms with E-state index in [1.807, 2.05) is 31.1 Å². The second-order valence-corrected chi connectivity index (χ2v) is 4.86. The molecule has 108 valence electrons. The normalized spacial score (nSPS) is 10.1. The van der Waals surface area contributed by atoms with E-state index in [1.54, 1.807) is 12.4 Å². The highest BCUT2D eigenvalue weighted by Gasteiger charge is 1.88. The Labute approximate surface area is 119 Å². The molecule has 0 saturated carbocycles. The molecule has 1 rings (SSSR count). The van der Waals surface area contributed by atoms with Gasteiger partial charge in [0, 0.05) is 32.2 Å². The number of allylic oxidation sites excluding steroid dienone is 2. The Morgan fingerprint density at radius 3 is 1.74 bits per heavy atom. The summed E-state index contributed by atoms with van der Waals surface area (Å²) < 4.78 is 0. The van der Waals surface area contributed by atoms with Gasteiger partial charge < -0.3 is 4.90 Å². The molecule has 1 aromatic heterocycles. The maximum atomic E-state index is 3.90. The van der Waals surface area contributed by atoms with Crippen LogP contribution < -0.4 is 4.90 Å². The molecule has 1 aromatic rings. The Hall–Kier alpha value is -1.31. The Bertz CT molecular complexity index is 294. The molecule has 0 aromatic carbocycles. The zero-order chi connectivity index (χ0) is 14.3. The number of nitrogens with zero attached hydrogens (tertiary/aromatic N) is 2. The van der Waals surface area contributed by atoms with Crippen LogP contribution in [0.2, 0.25) is 0 Å². The van der Waals surface area contributed by atoms with Crippen LogP contribution in [-0.4, -0.2) is 19.1 Å². The molecule has 0 amide bonds. The average Bonchev–Trinajstić information content (AvgIpc) is 2.44. The van der Waals surface area contributed by atoms with Crippen molar-refractivity contribution < 1.29 is 0 Å². The van der Waals surface area contributed by atoms with Gasteiger partial charge >= 0.3 is 0 Å². The van der Waals surface area contributed by atoms with Gasteiger partial charge in [0.25, 0.3) is 0 Å². The summed E-state index contributed by atoms with van der Waals surface area (Å²) in [5.74, 6) is 0. The lowest BCUT2D eigenvalue weighted by Gasteiger charge is -2.10. The third-order valence-electron chi connectivity index (χ3n) is 2.79. The predicted octanol–water partition coefficient (Wildman–Crippen LogP) is 5.07. The molecule has 0 saturated heterocycles. The lowest BCUT2D eigenvalue weighted by atomic mass is 10.2. The van der Waals surface area contributed by atoms with E-state index in [-0.39, 0.29) is 0 Å². The Kier molecular flexibility index (Phi) is 12.2. The Morgan fingerprint density at radius 1 is 0.947 bits per heavy atom. The van der Waals surface area contributed by atoms with Gasteiger partial charge in [-0.25, -0.2) is 0 Å². The molecule has 19 heavy (non-hydrogen) atoms. The Morgan fingerprint density at radius 2 is 1.42 bits per heavy atom. The molecule has 2 nitrogen and oxygen atoms in total. The maximum Gasteiger partial charge on any atom is 0.0391 e. The molecule has 0 aliphatic rings. The number of hydrogen-bond donors (Lipinski definition) is 0. The minimum atomic E-state index is 1.19. The number of pyridine rings is 1. The van der Waals surface area contributed by atoms with Crippen LogP contribution in [0.3, 0.4) is 0 Å². The van der Waals surface area contributed by atoms with Gasteiger partial charge in [0.05, 0.1) is 0 Å². The smallest absolute Gasteiger partial charge is 0.0391 e. The third kappa shape index (κ3) is 11.5. The SMILES string of the molecule is CCCCC=CCCCC.CN(C)c1ccncc1. The van der Waals surface area contributed by atoms with Crippen LogP contribution in [0.4, 0.5) is 5.69 Å². The standard InChI is InChI=1S/C10H20.C7H10N2/c1-3-5-7-9-10-8-6-4-2;1-9(2)7-3-5-8-6-4-7/h9-10H,3-8H2,1-2H3;3-6H,1-2H3. The monoisotopic (exact) mass is 262 g/mol. The lowest BCUT2D eigenvalue weighted by molar-refractivity contribution is 0.793. The second-order valence-electron chi connectivity index (χ2n) is 4.86. The van der Waals surface area contributed by atoms with Crippen molar-refractivity contribution in [2.45, 2.75) is 52.4 Å². The van der Waals surface area contributed by atoms with E-state index in [9.17, 15) is 0 Å². The maximum absolute atomic E-state index is 3.90. The Balaban J connectivity index is 0.000000342. The van der Waals surface area contributed by atoms with E-state index in [4.69, 9.17) is 0 Å². The highest BCUT2D eigenvalue weighted by molar-refractivity contribution is 5.42. The number of hydrogen-bond acceptors (Lipinski definition) is 2. The summed E-state index contributed by atoms with van der Waals surface area (Å²) in [7, 11) is 4.02. The zero-order valence-corrected chi connectivity index (χ0v) is 13.1. The molecule has 1 heterocycles. The predicted molar refractivity (Wildman–Crippen MR) is 86.8 cm³/mol. The highest BCUT2D eigenvalue weighted by atomic mass is 15.1. The van der Waals surface area contributed by atoms with Crippen molar-refractivity contribution in [1.29, 1.82) is 0 Å². The molecular formula is C17H30N2. The first-order valence-electron chi connectivity index (χ1n) is 7.44. The molecule has 0 atom stereocenters. The van der Waals surface area contributed by atoms with Crippen molar-refractivity contribution in [3.63, 3.8) is 0 Å². The molecule has 0 spiro atoms. The van der Waals surface area contributed by atoms with Gasteiger partial charge in [-0.05, 0) is 25.0 Å². The molecule has 0 bridgehead atoms. The first-order chi connectivity index (χ1) is 9.22. The molecule has 2 heteroatoms. The van der Waals surface area contributed by atoms with E-state index in [0.29, 0.717) is 0 Å². The molecular weight excluding hydrogens is 232 g/mol. The van der Waals surface area contributed by atoms with Gasteiger partial charge in [-0.15, -0.1) is 0 Å². The summed E-state index contributed by atoms with van der Waals surface area (Å²) in [4.78, 5) is 5.94. The van der Waals surface area contributed by atoms with Crippen LogP contribution in [0.25, 0.3) is 0 Å². The summed E-state index contributed by atoms with van der Waals surface area (Å²) in [5, 5.41) is 0. The van der Waals surface area contributed by atoms with Crippen LogP contribution in [0.1, 0.15) is 52.4 Å². The minimum Gasteiger partial charge on any atom is -0.378 e. The van der Waals surface area contributed by atoms with Crippen molar-refractivity contribution >= 4 is 5.69 Å². The molecule has 0 aliphatic heterocycles. The van der Waals surface area contributed by atoms with Crippen LogP contribution in [-0.2, 0) is 0 Å². The van der Waals surface area contributed by atoms with Crippen molar-refractivity contribution in [1.82, 2.24) is 4.98 Å². The van der Waals surface area contributed by atoms with E-state index in [2.05, 4.69) is 31.0 Å². The van der Waals surface area contributed by atoms with Crippen molar-refractivity contribution in [3.8, 4) is 0 Å². The van der Waals surface area contributed by atoms with Gasteiger partial charge in [-0.3, -0.25) is 4.98 Å². The van der Waals surface area contributed by atoms with Crippen LogP contribution in [0, 0.1) is 0 Å². The first kappa shape index (κ1) is 17.7. The van der Waals surface area contributed by atoms with Gasteiger partial charge in [0.15, 0.2) is 0 Å². The van der Waals surface area contributed by atoms with Gasteiger partial charge in [-0.2, -0.15) is 0 Å². The van der Waals surface area contributed by atoms with Crippen LogP contribution >= 0.6 is 0 Å². The number of aromatic nitrogens is 1. The summed E-state index contributed by atoms with van der Waals surface area (Å²) in [6.45, 7) is 4.47. The molecule has 0 radical (unpaired) electrons. The average molecular weight is 262 g/mol. The van der Waals surface area contributed by atoms with E-state index in [0.717, 1.165) is 0 Å². The molecule has 0 fully saturated rings. The minimum absolute atomic E-state index is 1.19. The van der Waals surface area contributed by atoms with Crippen molar-refractivity contribution in [3.05, 3.63) is 36.7 Å². The first-order valence-corrected chi connectivity index (χ1v) is 7.44. The third-order valence-corrected chi connectivity index (χ3v) is 2.79. The fourth-order valence-electron chi connectivity index (χ4n) is 1.52. The quantitative estimate of drug-likeness (QED) is 0.504. The largest absolute Gasteiger partial charge is 0.378 e. The van der Waals surface area contributed by atoms with Crippen molar-refractivity contribution in [2.75, 3.05) is 19.0 Å². The second kappa shape index (κ2) is 13.1. The summed E-state index contributed by atoms with van der Waals surface area (Å²) in [6, 6.07) is 3.94.